The number of nitrogens with one attached hydrogen (secondary N) is 1. The fourth-order valence-electron chi connectivity index (χ4n) is 3.66. The molecule has 7 heteroatoms. The van der Waals surface area contributed by atoms with Crippen LogP contribution in [0.5, 0.6) is 0 Å². The SMILES string of the molecule is CCn1nc(CNC(=O)N2CCCC[C@H]2c2nccs2)c2ccccc21. The molecule has 0 spiro atoms. The van der Waals surface area contributed by atoms with Crippen molar-refractivity contribution < 1.29 is 4.79 Å². The third kappa shape index (κ3) is 3.19. The minimum atomic E-state index is -0.0278. The lowest BCUT2D eigenvalue weighted by Crippen LogP contribution is -2.44. The first kappa shape index (κ1) is 17.0. The maximum atomic E-state index is 12.8. The van der Waals surface area contributed by atoms with E-state index in [0.717, 1.165) is 54.0 Å². The Labute approximate surface area is 156 Å². The van der Waals surface area contributed by atoms with E-state index in [0.29, 0.717) is 6.54 Å². The van der Waals surface area contributed by atoms with Crippen molar-refractivity contribution in [1.82, 2.24) is 25.0 Å². The van der Waals surface area contributed by atoms with Gasteiger partial charge in [-0.2, -0.15) is 5.10 Å². The van der Waals surface area contributed by atoms with Gasteiger partial charge in [-0.3, -0.25) is 4.68 Å². The van der Waals surface area contributed by atoms with E-state index in [1.807, 2.05) is 33.3 Å². The molecule has 1 N–H and O–H groups in total. The molecule has 1 aromatic carbocycles. The van der Waals surface area contributed by atoms with E-state index in [9.17, 15) is 4.79 Å². The Balaban J connectivity index is 1.50. The quantitative estimate of drug-likeness (QED) is 0.757. The summed E-state index contributed by atoms with van der Waals surface area (Å²) in [7, 11) is 0. The normalized spacial score (nSPS) is 17.6. The van der Waals surface area contributed by atoms with E-state index >= 15 is 0 Å². The van der Waals surface area contributed by atoms with Gasteiger partial charge in [0, 0.05) is 30.1 Å². The second kappa shape index (κ2) is 7.45. The number of carbonyl (C=O) groups is 1. The van der Waals surface area contributed by atoms with E-state index in [4.69, 9.17) is 0 Å². The number of likely N-dealkylation sites (tertiary alicyclic amines) is 1. The summed E-state index contributed by atoms with van der Waals surface area (Å²) in [6.07, 6.45) is 4.98. The molecule has 3 heterocycles. The lowest BCUT2D eigenvalue weighted by atomic mass is 10.0. The van der Waals surface area contributed by atoms with Gasteiger partial charge in [-0.15, -0.1) is 11.3 Å². The first-order valence-electron chi connectivity index (χ1n) is 9.16. The van der Waals surface area contributed by atoms with E-state index in [2.05, 4.69) is 34.5 Å². The number of carbonyl (C=O) groups excluding carboxylic acids is 1. The van der Waals surface area contributed by atoms with Crippen LogP contribution in [0, 0.1) is 0 Å². The fourth-order valence-corrected chi connectivity index (χ4v) is 4.44. The highest BCUT2D eigenvalue weighted by Crippen LogP contribution is 2.32. The number of rotatable bonds is 4. The number of nitrogens with zero attached hydrogens (tertiary/aromatic N) is 4. The van der Waals surface area contributed by atoms with Gasteiger partial charge in [-0.1, -0.05) is 18.2 Å². The molecule has 2 amide bonds. The number of thiazole rings is 1. The molecule has 6 nitrogen and oxygen atoms in total. The zero-order chi connectivity index (χ0) is 17.9. The number of hydrogen-bond donors (Lipinski definition) is 1. The Morgan fingerprint density at radius 3 is 3.04 bits per heavy atom. The topological polar surface area (TPSA) is 63.1 Å². The number of fused-ring (bicyclic) bond motifs is 1. The van der Waals surface area contributed by atoms with Gasteiger partial charge in [-0.05, 0) is 32.3 Å². The van der Waals surface area contributed by atoms with Gasteiger partial charge in [0.25, 0.3) is 0 Å². The van der Waals surface area contributed by atoms with Crippen LogP contribution in [0.25, 0.3) is 10.9 Å². The first-order valence-corrected chi connectivity index (χ1v) is 10.0. The number of benzene rings is 1. The highest BCUT2D eigenvalue weighted by atomic mass is 32.1. The molecule has 136 valence electrons. The molecule has 0 bridgehead atoms. The average Bonchev–Trinajstić information content (AvgIpc) is 3.34. The monoisotopic (exact) mass is 369 g/mol. The lowest BCUT2D eigenvalue weighted by Gasteiger charge is -2.34. The second-order valence-electron chi connectivity index (χ2n) is 6.51. The molecule has 1 saturated heterocycles. The summed E-state index contributed by atoms with van der Waals surface area (Å²) in [6, 6.07) is 8.23. The zero-order valence-electron chi connectivity index (χ0n) is 14.9. The summed E-state index contributed by atoms with van der Waals surface area (Å²) in [5, 5.41) is 11.9. The predicted octanol–water partition coefficient (Wildman–Crippen LogP) is 3.95. The minimum absolute atomic E-state index is 0.0278. The number of aromatic nitrogens is 3. The van der Waals surface area contributed by atoms with Gasteiger partial charge >= 0.3 is 6.03 Å². The van der Waals surface area contributed by atoms with Gasteiger partial charge in [0.15, 0.2) is 0 Å². The number of piperidine rings is 1. The summed E-state index contributed by atoms with van der Waals surface area (Å²) in [4.78, 5) is 19.2. The Bertz CT molecular complexity index is 889. The van der Waals surface area contributed by atoms with E-state index < -0.39 is 0 Å². The number of amides is 2. The second-order valence-corrected chi connectivity index (χ2v) is 7.44. The molecule has 1 aliphatic heterocycles. The van der Waals surface area contributed by atoms with Crippen molar-refractivity contribution >= 4 is 28.3 Å². The number of para-hydroxylation sites is 1. The van der Waals surface area contributed by atoms with Crippen LogP contribution in [0.2, 0.25) is 0 Å². The molecule has 0 unspecified atom stereocenters. The van der Waals surface area contributed by atoms with E-state index in [1.54, 1.807) is 11.3 Å². The molecule has 0 radical (unpaired) electrons. The zero-order valence-corrected chi connectivity index (χ0v) is 15.7. The fraction of sp³-hybridized carbons (Fsp3) is 0.421. The molecule has 26 heavy (non-hydrogen) atoms. The summed E-state index contributed by atoms with van der Waals surface area (Å²) in [6.45, 7) is 4.11. The standard InChI is InChI=1S/C19H23N5OS/c1-2-24-16-8-4-3-7-14(16)15(22-24)13-21-19(25)23-11-6-5-9-17(23)18-20-10-12-26-18/h3-4,7-8,10,12,17H,2,5-6,9,11,13H2,1H3,(H,21,25)/t17-/m0/s1. The van der Waals surface area contributed by atoms with Crippen LogP contribution in [0.1, 0.15) is 42.9 Å². The Morgan fingerprint density at radius 2 is 2.23 bits per heavy atom. The molecule has 1 aliphatic rings. The first-order chi connectivity index (χ1) is 12.8. The average molecular weight is 369 g/mol. The number of urea groups is 1. The summed E-state index contributed by atoms with van der Waals surface area (Å²) in [5.41, 5.74) is 2.02. The van der Waals surface area contributed by atoms with Crippen molar-refractivity contribution in [1.29, 1.82) is 0 Å². The van der Waals surface area contributed by atoms with Crippen molar-refractivity contribution in [3.63, 3.8) is 0 Å². The molecule has 1 atom stereocenters. The highest BCUT2D eigenvalue weighted by molar-refractivity contribution is 7.09. The van der Waals surface area contributed by atoms with Gasteiger partial charge in [0.1, 0.15) is 5.01 Å². The van der Waals surface area contributed by atoms with Crippen LogP contribution in [0.15, 0.2) is 35.8 Å². The Kier molecular flexibility index (Phi) is 4.88. The van der Waals surface area contributed by atoms with Gasteiger partial charge < -0.3 is 10.2 Å². The molecular formula is C19H23N5OS. The summed E-state index contributed by atoms with van der Waals surface area (Å²) >= 11 is 1.62. The molecule has 2 aromatic heterocycles. The third-order valence-corrected chi connectivity index (χ3v) is 5.82. The third-order valence-electron chi connectivity index (χ3n) is 4.94. The highest BCUT2D eigenvalue weighted by Gasteiger charge is 2.29. The maximum Gasteiger partial charge on any atom is 0.318 e. The molecule has 1 fully saturated rings. The van der Waals surface area contributed by atoms with Gasteiger partial charge in [0.05, 0.1) is 23.8 Å². The molecular weight excluding hydrogens is 346 g/mol. The largest absolute Gasteiger partial charge is 0.332 e. The summed E-state index contributed by atoms with van der Waals surface area (Å²) in [5.74, 6) is 0. The van der Waals surface area contributed by atoms with Crippen molar-refractivity contribution in [3.8, 4) is 0 Å². The predicted molar refractivity (Wildman–Crippen MR) is 103 cm³/mol. The van der Waals surface area contributed by atoms with Crippen LogP contribution in [-0.2, 0) is 13.1 Å². The van der Waals surface area contributed by atoms with Crippen LogP contribution >= 0.6 is 11.3 Å². The Morgan fingerprint density at radius 1 is 1.35 bits per heavy atom. The Hall–Kier alpha value is -2.41. The lowest BCUT2D eigenvalue weighted by molar-refractivity contribution is 0.151. The van der Waals surface area contributed by atoms with E-state index in [1.165, 1.54) is 0 Å². The smallest absolute Gasteiger partial charge is 0.318 e. The minimum Gasteiger partial charge on any atom is -0.332 e. The molecule has 4 rings (SSSR count). The number of aryl methyl sites for hydroxylation is 1. The van der Waals surface area contributed by atoms with Gasteiger partial charge in [0.2, 0.25) is 0 Å². The maximum absolute atomic E-state index is 12.8. The van der Waals surface area contributed by atoms with Crippen LogP contribution in [0.3, 0.4) is 0 Å². The van der Waals surface area contributed by atoms with E-state index in [-0.39, 0.29) is 12.1 Å². The van der Waals surface area contributed by atoms with Crippen molar-refractivity contribution in [2.24, 2.45) is 0 Å². The molecule has 0 saturated carbocycles. The molecule has 0 aliphatic carbocycles. The van der Waals surface area contributed by atoms with Crippen LogP contribution < -0.4 is 5.32 Å². The molecule has 3 aromatic rings. The summed E-state index contributed by atoms with van der Waals surface area (Å²) < 4.78 is 1.98. The van der Waals surface area contributed by atoms with Crippen molar-refractivity contribution in [2.45, 2.75) is 45.3 Å². The van der Waals surface area contributed by atoms with Crippen LogP contribution in [-0.4, -0.2) is 32.2 Å². The van der Waals surface area contributed by atoms with Crippen LogP contribution in [0.4, 0.5) is 4.79 Å². The number of hydrogen-bond acceptors (Lipinski definition) is 4. The van der Waals surface area contributed by atoms with Crippen molar-refractivity contribution in [3.05, 3.63) is 46.5 Å². The van der Waals surface area contributed by atoms with Crippen molar-refractivity contribution in [2.75, 3.05) is 6.54 Å². The van der Waals surface area contributed by atoms with Gasteiger partial charge in [-0.25, -0.2) is 9.78 Å².